The molecule has 0 aromatic heterocycles. The van der Waals surface area contributed by atoms with Gasteiger partial charge in [-0.05, 0) is 19.0 Å². The summed E-state index contributed by atoms with van der Waals surface area (Å²) in [5, 5.41) is 6.78. The molecule has 0 saturated carbocycles. The van der Waals surface area contributed by atoms with Crippen LogP contribution >= 0.6 is 24.0 Å². The van der Waals surface area contributed by atoms with Crippen LogP contribution in [0, 0.1) is 6.92 Å². The lowest BCUT2D eigenvalue weighted by atomic mass is 10.1. The van der Waals surface area contributed by atoms with Gasteiger partial charge in [0.25, 0.3) is 0 Å². The van der Waals surface area contributed by atoms with Crippen molar-refractivity contribution in [3.8, 4) is 0 Å². The summed E-state index contributed by atoms with van der Waals surface area (Å²) >= 11 is 0. The van der Waals surface area contributed by atoms with Crippen molar-refractivity contribution < 1.29 is 0 Å². The number of aliphatic imine (C=N–C) groups is 1. The first-order chi connectivity index (χ1) is 11.2. The number of benzene rings is 1. The van der Waals surface area contributed by atoms with E-state index in [0.717, 1.165) is 25.6 Å². The third-order valence-electron chi connectivity index (χ3n) is 4.44. The molecular weight excluding hydrogens is 413 g/mol. The molecule has 1 fully saturated rings. The molecular formula is C18H32IN5. The Bertz CT molecular complexity index is 481. The van der Waals surface area contributed by atoms with Crippen molar-refractivity contribution in [2.24, 2.45) is 4.99 Å². The molecule has 1 aromatic rings. The van der Waals surface area contributed by atoms with Crippen LogP contribution in [-0.4, -0.2) is 68.6 Å². The average molecular weight is 445 g/mol. The summed E-state index contributed by atoms with van der Waals surface area (Å²) in [5.41, 5.74) is 2.56. The lowest BCUT2D eigenvalue weighted by molar-refractivity contribution is 0.139. The number of aryl methyl sites for hydroxylation is 1. The molecule has 0 unspecified atom stereocenters. The van der Waals surface area contributed by atoms with E-state index in [2.05, 4.69) is 63.5 Å². The van der Waals surface area contributed by atoms with Crippen molar-refractivity contribution in [2.45, 2.75) is 20.4 Å². The Kier molecular flexibility index (Phi) is 10.3. The molecule has 0 aliphatic carbocycles. The van der Waals surface area contributed by atoms with Gasteiger partial charge in [-0.1, -0.05) is 36.8 Å². The van der Waals surface area contributed by atoms with Gasteiger partial charge in [-0.15, -0.1) is 24.0 Å². The summed E-state index contributed by atoms with van der Waals surface area (Å²) in [6.07, 6.45) is 0. The van der Waals surface area contributed by atoms with E-state index in [1.54, 1.807) is 0 Å². The van der Waals surface area contributed by atoms with Gasteiger partial charge >= 0.3 is 0 Å². The van der Waals surface area contributed by atoms with Gasteiger partial charge in [-0.25, -0.2) is 0 Å². The zero-order valence-electron chi connectivity index (χ0n) is 15.2. The van der Waals surface area contributed by atoms with E-state index in [4.69, 9.17) is 0 Å². The van der Waals surface area contributed by atoms with Crippen molar-refractivity contribution in [1.82, 2.24) is 20.4 Å². The topological polar surface area (TPSA) is 42.9 Å². The fraction of sp³-hybridized carbons (Fsp3) is 0.611. The van der Waals surface area contributed by atoms with Crippen LogP contribution in [0.5, 0.6) is 0 Å². The number of hydrogen-bond donors (Lipinski definition) is 2. The van der Waals surface area contributed by atoms with Crippen molar-refractivity contribution in [3.63, 3.8) is 0 Å². The molecule has 5 nitrogen and oxygen atoms in total. The number of halogens is 1. The number of nitrogens with one attached hydrogen (secondary N) is 2. The van der Waals surface area contributed by atoms with E-state index in [1.807, 2.05) is 7.05 Å². The van der Waals surface area contributed by atoms with Gasteiger partial charge in [0.05, 0.1) is 0 Å². The maximum atomic E-state index is 4.30. The van der Waals surface area contributed by atoms with Crippen molar-refractivity contribution in [1.29, 1.82) is 0 Å². The molecule has 1 aromatic carbocycles. The molecule has 1 aliphatic heterocycles. The van der Waals surface area contributed by atoms with Gasteiger partial charge in [-0.2, -0.15) is 0 Å². The summed E-state index contributed by atoms with van der Waals surface area (Å²) in [5.74, 6) is 0.873. The molecule has 1 heterocycles. The van der Waals surface area contributed by atoms with Gasteiger partial charge in [-0.3, -0.25) is 9.89 Å². The highest BCUT2D eigenvalue weighted by atomic mass is 127. The summed E-state index contributed by atoms with van der Waals surface area (Å²) in [6, 6.07) is 8.60. The molecule has 1 aliphatic rings. The maximum absolute atomic E-state index is 4.30. The van der Waals surface area contributed by atoms with Gasteiger partial charge in [0.15, 0.2) is 5.96 Å². The van der Waals surface area contributed by atoms with Crippen molar-refractivity contribution in [3.05, 3.63) is 35.4 Å². The third kappa shape index (κ3) is 7.36. The Labute approximate surface area is 163 Å². The lowest BCUT2D eigenvalue weighted by Gasteiger charge is -2.34. The number of guanidine groups is 1. The van der Waals surface area contributed by atoms with E-state index >= 15 is 0 Å². The first-order valence-corrected chi connectivity index (χ1v) is 8.66. The van der Waals surface area contributed by atoms with E-state index < -0.39 is 0 Å². The summed E-state index contributed by atoms with van der Waals surface area (Å²) in [6.45, 7) is 13.0. The fourth-order valence-electron chi connectivity index (χ4n) is 2.77. The van der Waals surface area contributed by atoms with Crippen LogP contribution in [0.25, 0.3) is 0 Å². The monoisotopic (exact) mass is 445 g/mol. The second kappa shape index (κ2) is 11.7. The number of hydrogen-bond acceptors (Lipinski definition) is 3. The van der Waals surface area contributed by atoms with E-state index in [1.165, 1.54) is 43.9 Å². The average Bonchev–Trinajstić information content (AvgIpc) is 2.60. The molecule has 6 heteroatoms. The van der Waals surface area contributed by atoms with E-state index in [9.17, 15) is 0 Å². The van der Waals surface area contributed by atoms with Gasteiger partial charge in [0.1, 0.15) is 0 Å². The number of rotatable bonds is 6. The first kappa shape index (κ1) is 21.2. The largest absolute Gasteiger partial charge is 0.355 e. The Morgan fingerprint density at radius 3 is 2.25 bits per heavy atom. The fourth-order valence-corrected chi connectivity index (χ4v) is 2.77. The molecule has 0 amide bonds. The molecule has 1 saturated heterocycles. The van der Waals surface area contributed by atoms with Gasteiger partial charge < -0.3 is 15.5 Å². The van der Waals surface area contributed by atoms with Crippen molar-refractivity contribution in [2.75, 3.05) is 52.9 Å². The summed E-state index contributed by atoms with van der Waals surface area (Å²) in [7, 11) is 1.82. The smallest absolute Gasteiger partial charge is 0.191 e. The second-order valence-electron chi connectivity index (χ2n) is 6.11. The minimum atomic E-state index is 0. The summed E-state index contributed by atoms with van der Waals surface area (Å²) in [4.78, 5) is 9.32. The highest BCUT2D eigenvalue weighted by Gasteiger charge is 2.14. The molecule has 0 radical (unpaired) electrons. The Morgan fingerprint density at radius 2 is 1.67 bits per heavy atom. The number of likely N-dealkylation sites (N-methyl/N-ethyl adjacent to an activating group) is 1. The molecule has 0 bridgehead atoms. The summed E-state index contributed by atoms with van der Waals surface area (Å²) < 4.78 is 0. The molecule has 0 spiro atoms. The zero-order valence-corrected chi connectivity index (χ0v) is 17.5. The minimum Gasteiger partial charge on any atom is -0.355 e. The van der Waals surface area contributed by atoms with E-state index in [-0.39, 0.29) is 24.0 Å². The predicted octanol–water partition coefficient (Wildman–Crippen LogP) is 1.92. The Hall–Kier alpha value is -0.860. The molecule has 0 atom stereocenters. The number of nitrogens with zero attached hydrogens (tertiary/aromatic N) is 3. The van der Waals surface area contributed by atoms with Crippen LogP contribution in [0.2, 0.25) is 0 Å². The SMILES string of the molecule is CCN1CCN(CCNC(=NC)NCc2ccc(C)cc2)CC1.I. The molecule has 136 valence electrons. The first-order valence-electron chi connectivity index (χ1n) is 8.66. The maximum Gasteiger partial charge on any atom is 0.191 e. The number of piperazine rings is 1. The van der Waals surface area contributed by atoms with Crippen LogP contribution in [0.15, 0.2) is 29.3 Å². The minimum absolute atomic E-state index is 0. The van der Waals surface area contributed by atoms with Crippen LogP contribution < -0.4 is 10.6 Å². The van der Waals surface area contributed by atoms with Crippen LogP contribution in [0.4, 0.5) is 0 Å². The zero-order chi connectivity index (χ0) is 16.5. The quantitative estimate of drug-likeness (QED) is 0.399. The molecule has 2 rings (SSSR count). The normalized spacial score (nSPS) is 16.5. The third-order valence-corrected chi connectivity index (χ3v) is 4.44. The second-order valence-corrected chi connectivity index (χ2v) is 6.11. The molecule has 2 N–H and O–H groups in total. The van der Waals surface area contributed by atoms with Gasteiger partial charge in [0, 0.05) is 52.9 Å². The lowest BCUT2D eigenvalue weighted by Crippen LogP contribution is -2.49. The van der Waals surface area contributed by atoms with Crippen LogP contribution in [0.1, 0.15) is 18.1 Å². The van der Waals surface area contributed by atoms with Crippen LogP contribution in [0.3, 0.4) is 0 Å². The predicted molar refractivity (Wildman–Crippen MR) is 113 cm³/mol. The standard InChI is InChI=1S/C18H31N5.HI/c1-4-22-11-13-23(14-12-22)10-9-20-18(19-3)21-15-17-7-5-16(2)6-8-17;/h5-8H,4,9-15H2,1-3H3,(H2,19,20,21);1H. The Balaban J connectivity index is 0.00000288. The highest BCUT2D eigenvalue weighted by Crippen LogP contribution is 2.02. The molecule has 24 heavy (non-hydrogen) atoms. The van der Waals surface area contributed by atoms with Crippen LogP contribution in [-0.2, 0) is 6.54 Å². The van der Waals surface area contributed by atoms with E-state index in [0.29, 0.717) is 0 Å². The Morgan fingerprint density at radius 1 is 1.04 bits per heavy atom. The van der Waals surface area contributed by atoms with Gasteiger partial charge in [0.2, 0.25) is 0 Å². The van der Waals surface area contributed by atoms with Crippen molar-refractivity contribution >= 4 is 29.9 Å². The highest BCUT2D eigenvalue weighted by molar-refractivity contribution is 14.0.